The molecule has 0 unspecified atom stereocenters. The lowest BCUT2D eigenvalue weighted by Crippen LogP contribution is -2.42. The molecule has 0 spiro atoms. The van der Waals surface area contributed by atoms with Crippen LogP contribution in [-0.2, 0) is 13.1 Å². The van der Waals surface area contributed by atoms with Gasteiger partial charge in [0.1, 0.15) is 17.7 Å². The van der Waals surface area contributed by atoms with Crippen LogP contribution in [0.4, 0.5) is 15.9 Å². The molecule has 0 atom stereocenters. The highest BCUT2D eigenvalue weighted by Crippen LogP contribution is 2.26. The van der Waals surface area contributed by atoms with E-state index in [1.165, 1.54) is 11.6 Å². The number of rotatable bonds is 6. The number of benzene rings is 2. The van der Waals surface area contributed by atoms with E-state index in [0.717, 1.165) is 66.2 Å². The predicted octanol–water partition coefficient (Wildman–Crippen LogP) is 3.42. The lowest BCUT2D eigenvalue weighted by Gasteiger charge is -2.27. The molecule has 0 saturated carbocycles. The lowest BCUT2D eigenvalue weighted by atomic mass is 10.2. The zero-order valence-corrected chi connectivity index (χ0v) is 18.7. The van der Waals surface area contributed by atoms with E-state index in [9.17, 15) is 4.39 Å². The summed E-state index contributed by atoms with van der Waals surface area (Å²) >= 11 is 0. The maximum atomic E-state index is 13.6. The Bertz CT molecular complexity index is 1450. The van der Waals surface area contributed by atoms with E-state index in [0.29, 0.717) is 6.54 Å². The van der Waals surface area contributed by atoms with Crippen molar-refractivity contribution in [2.75, 3.05) is 31.5 Å². The van der Waals surface area contributed by atoms with Crippen LogP contribution in [0.3, 0.4) is 0 Å². The Morgan fingerprint density at radius 1 is 1.00 bits per heavy atom. The lowest BCUT2D eigenvalue weighted by molar-refractivity contribution is 0.234. The summed E-state index contributed by atoms with van der Waals surface area (Å²) in [7, 11) is 0. The van der Waals surface area contributed by atoms with Crippen LogP contribution >= 0.6 is 0 Å². The number of fused-ring (bicyclic) bond motifs is 2. The number of anilines is 2. The Balaban J connectivity index is 1.27. The molecular formula is C25H25FN8. The van der Waals surface area contributed by atoms with E-state index >= 15 is 0 Å². The molecule has 0 bridgehead atoms. The molecule has 4 heterocycles. The predicted molar refractivity (Wildman–Crippen MR) is 130 cm³/mol. The van der Waals surface area contributed by atoms with Gasteiger partial charge in [0.25, 0.3) is 0 Å². The van der Waals surface area contributed by atoms with Crippen molar-refractivity contribution in [3.63, 3.8) is 0 Å². The summed E-state index contributed by atoms with van der Waals surface area (Å²) in [6.45, 7) is 5.47. The molecule has 2 aromatic carbocycles. The van der Waals surface area contributed by atoms with Crippen molar-refractivity contribution in [2.24, 2.45) is 0 Å². The summed E-state index contributed by atoms with van der Waals surface area (Å²) in [5, 5.41) is 16.8. The van der Waals surface area contributed by atoms with Gasteiger partial charge in [0.15, 0.2) is 5.82 Å². The molecule has 0 radical (unpaired) electrons. The largest absolute Gasteiger partial charge is 0.338 e. The topological polar surface area (TPSA) is 75.3 Å². The van der Waals surface area contributed by atoms with Gasteiger partial charge in [0.2, 0.25) is 0 Å². The van der Waals surface area contributed by atoms with Gasteiger partial charge in [-0.15, -0.1) is 0 Å². The molecular weight excluding hydrogens is 431 g/mol. The van der Waals surface area contributed by atoms with Gasteiger partial charge in [-0.25, -0.2) is 13.9 Å². The first-order chi connectivity index (χ1) is 16.7. The standard InChI is InChI=1S/C25H25FN8/c26-21-3-1-2-18(12-21)15-34-23-5-4-22(13-20(23)14-29-34)31-25-24-19(6-9-33(24)30-17-28-25)16-32-10-7-27-8-11-32/h1-6,9,12-14,17,27H,7-8,10-11,15-16H2,(H,28,30,31). The molecule has 3 aromatic heterocycles. The van der Waals surface area contributed by atoms with Crippen LogP contribution in [0.2, 0.25) is 0 Å². The highest BCUT2D eigenvalue weighted by molar-refractivity contribution is 5.85. The quantitative estimate of drug-likeness (QED) is 0.408. The van der Waals surface area contributed by atoms with E-state index in [-0.39, 0.29) is 5.82 Å². The first kappa shape index (κ1) is 20.8. The second-order valence-corrected chi connectivity index (χ2v) is 8.60. The average molecular weight is 457 g/mol. The third-order valence-electron chi connectivity index (χ3n) is 6.27. The molecule has 1 aliphatic rings. The highest BCUT2D eigenvalue weighted by Gasteiger charge is 2.16. The van der Waals surface area contributed by atoms with Gasteiger partial charge in [-0.1, -0.05) is 12.1 Å². The summed E-state index contributed by atoms with van der Waals surface area (Å²) < 4.78 is 17.3. The van der Waals surface area contributed by atoms with E-state index in [1.807, 2.05) is 39.8 Å². The zero-order chi connectivity index (χ0) is 22.9. The van der Waals surface area contributed by atoms with Gasteiger partial charge in [0, 0.05) is 50.0 Å². The molecule has 9 heteroatoms. The second kappa shape index (κ2) is 8.85. The van der Waals surface area contributed by atoms with Crippen molar-refractivity contribution in [3.8, 4) is 0 Å². The fourth-order valence-electron chi connectivity index (χ4n) is 4.58. The molecule has 1 aliphatic heterocycles. The normalized spacial score (nSPS) is 14.7. The second-order valence-electron chi connectivity index (χ2n) is 8.60. The Kier molecular flexibility index (Phi) is 5.40. The summed E-state index contributed by atoms with van der Waals surface area (Å²) in [4.78, 5) is 6.99. The molecule has 1 saturated heterocycles. The number of aromatic nitrogens is 5. The van der Waals surface area contributed by atoms with Gasteiger partial charge in [-0.3, -0.25) is 9.58 Å². The number of nitrogens with zero attached hydrogens (tertiary/aromatic N) is 6. The maximum Gasteiger partial charge on any atom is 0.158 e. The number of piperazine rings is 1. The van der Waals surface area contributed by atoms with Crippen LogP contribution in [0.15, 0.2) is 67.3 Å². The van der Waals surface area contributed by atoms with Crippen LogP contribution in [0.25, 0.3) is 16.4 Å². The smallest absolute Gasteiger partial charge is 0.158 e. The van der Waals surface area contributed by atoms with Crippen LogP contribution < -0.4 is 10.6 Å². The molecule has 6 rings (SSSR count). The summed E-state index contributed by atoms with van der Waals surface area (Å²) in [6, 6.07) is 14.8. The van der Waals surface area contributed by atoms with Crippen molar-refractivity contribution < 1.29 is 4.39 Å². The third-order valence-corrected chi connectivity index (χ3v) is 6.27. The van der Waals surface area contributed by atoms with Gasteiger partial charge >= 0.3 is 0 Å². The first-order valence-electron chi connectivity index (χ1n) is 11.4. The van der Waals surface area contributed by atoms with E-state index in [1.54, 1.807) is 18.5 Å². The van der Waals surface area contributed by atoms with Crippen molar-refractivity contribution in [2.45, 2.75) is 13.1 Å². The van der Waals surface area contributed by atoms with E-state index in [4.69, 9.17) is 0 Å². The fraction of sp³-hybridized carbons (Fsp3) is 0.240. The highest BCUT2D eigenvalue weighted by atomic mass is 19.1. The van der Waals surface area contributed by atoms with Crippen molar-refractivity contribution >= 4 is 27.9 Å². The molecule has 5 aromatic rings. The molecule has 8 nitrogen and oxygen atoms in total. The van der Waals surface area contributed by atoms with Crippen LogP contribution in [-0.4, -0.2) is 55.5 Å². The van der Waals surface area contributed by atoms with Crippen molar-refractivity contribution in [1.82, 2.24) is 34.6 Å². The SMILES string of the molecule is Fc1cccc(Cn2ncc3cc(Nc4ncnn5ccc(CN6CCNCC6)c45)ccc32)c1. The molecule has 34 heavy (non-hydrogen) atoms. The zero-order valence-electron chi connectivity index (χ0n) is 18.7. The Labute approximate surface area is 196 Å². The van der Waals surface area contributed by atoms with Crippen LogP contribution in [0.5, 0.6) is 0 Å². The number of hydrogen-bond donors (Lipinski definition) is 2. The first-order valence-corrected chi connectivity index (χ1v) is 11.4. The number of nitrogens with one attached hydrogen (secondary N) is 2. The number of halogens is 1. The Morgan fingerprint density at radius 2 is 1.91 bits per heavy atom. The van der Waals surface area contributed by atoms with Crippen molar-refractivity contribution in [3.05, 3.63) is 84.2 Å². The Morgan fingerprint density at radius 3 is 2.79 bits per heavy atom. The van der Waals surface area contributed by atoms with E-state index < -0.39 is 0 Å². The van der Waals surface area contributed by atoms with Crippen LogP contribution in [0.1, 0.15) is 11.1 Å². The minimum Gasteiger partial charge on any atom is -0.338 e. The van der Waals surface area contributed by atoms with Gasteiger partial charge in [-0.2, -0.15) is 10.2 Å². The minimum absolute atomic E-state index is 0.238. The fourth-order valence-corrected chi connectivity index (χ4v) is 4.58. The summed E-state index contributed by atoms with van der Waals surface area (Å²) in [5.41, 5.74) is 4.98. The van der Waals surface area contributed by atoms with Crippen molar-refractivity contribution in [1.29, 1.82) is 0 Å². The average Bonchev–Trinajstić information content (AvgIpc) is 3.44. The van der Waals surface area contributed by atoms with Gasteiger partial charge < -0.3 is 10.6 Å². The van der Waals surface area contributed by atoms with E-state index in [2.05, 4.69) is 42.8 Å². The summed E-state index contributed by atoms with van der Waals surface area (Å²) in [5.74, 6) is 0.537. The molecule has 0 aliphatic carbocycles. The molecule has 172 valence electrons. The number of hydrogen-bond acceptors (Lipinski definition) is 6. The molecule has 0 amide bonds. The maximum absolute atomic E-state index is 13.6. The molecule has 1 fully saturated rings. The van der Waals surface area contributed by atoms with Crippen LogP contribution in [0, 0.1) is 5.82 Å². The van der Waals surface area contributed by atoms with Gasteiger partial charge in [0.05, 0.1) is 18.3 Å². The van der Waals surface area contributed by atoms with Gasteiger partial charge in [-0.05, 0) is 47.5 Å². The summed E-state index contributed by atoms with van der Waals surface area (Å²) in [6.07, 6.45) is 5.39. The third kappa shape index (κ3) is 4.11. The molecule has 2 N–H and O–H groups in total. The minimum atomic E-state index is -0.238. The Hall–Kier alpha value is -3.82. The monoisotopic (exact) mass is 456 g/mol.